The number of hydrogen-bond acceptors (Lipinski definition) is 4. The van der Waals surface area contributed by atoms with Crippen molar-refractivity contribution >= 4 is 5.69 Å². The molecule has 0 aromatic heterocycles. The third-order valence-electron chi connectivity index (χ3n) is 1.32. The Morgan fingerprint density at radius 3 is 2.82 bits per heavy atom. The molecule has 0 amide bonds. The van der Waals surface area contributed by atoms with E-state index >= 15 is 0 Å². The predicted octanol–water partition coefficient (Wildman–Crippen LogP) is 0.964. The van der Waals surface area contributed by atoms with Crippen LogP contribution < -0.4 is 5.73 Å². The van der Waals surface area contributed by atoms with Crippen molar-refractivity contribution in [1.29, 1.82) is 0 Å². The van der Waals surface area contributed by atoms with Crippen molar-refractivity contribution < 1.29 is 15.3 Å². The molecule has 0 fully saturated rings. The average Bonchev–Trinajstić information content (AvgIpc) is 1.98. The molecule has 0 spiro atoms. The SMILES string of the molecule is Nc1ccc(O)c(COO)c1. The van der Waals surface area contributed by atoms with Crippen LogP contribution in [0.25, 0.3) is 0 Å². The van der Waals surface area contributed by atoms with Gasteiger partial charge in [-0.25, -0.2) is 4.89 Å². The molecule has 0 saturated carbocycles. The second kappa shape index (κ2) is 3.23. The first-order valence-corrected chi connectivity index (χ1v) is 3.08. The maximum atomic E-state index is 9.12. The van der Waals surface area contributed by atoms with Crippen LogP contribution in [0.4, 0.5) is 5.69 Å². The fourth-order valence-corrected chi connectivity index (χ4v) is 0.791. The summed E-state index contributed by atoms with van der Waals surface area (Å²) in [6.45, 7) is -0.0587. The van der Waals surface area contributed by atoms with E-state index in [4.69, 9.17) is 16.1 Å². The van der Waals surface area contributed by atoms with Crippen molar-refractivity contribution in [2.75, 3.05) is 5.73 Å². The molecule has 0 saturated heterocycles. The minimum atomic E-state index is -0.0587. The highest BCUT2D eigenvalue weighted by Crippen LogP contribution is 2.19. The Hall–Kier alpha value is -1.26. The largest absolute Gasteiger partial charge is 0.508 e. The van der Waals surface area contributed by atoms with Crippen LogP contribution in [-0.2, 0) is 11.5 Å². The molecule has 0 atom stereocenters. The van der Waals surface area contributed by atoms with Gasteiger partial charge in [0.05, 0.1) is 0 Å². The van der Waals surface area contributed by atoms with E-state index in [9.17, 15) is 0 Å². The minimum Gasteiger partial charge on any atom is -0.508 e. The number of phenols is 1. The average molecular weight is 155 g/mol. The molecule has 1 aromatic rings. The lowest BCUT2D eigenvalue weighted by Gasteiger charge is -2.02. The van der Waals surface area contributed by atoms with E-state index in [1.54, 1.807) is 6.07 Å². The Bertz CT molecular complexity index is 249. The summed E-state index contributed by atoms with van der Waals surface area (Å²) in [6, 6.07) is 4.55. The molecule has 4 N–H and O–H groups in total. The van der Waals surface area contributed by atoms with E-state index in [2.05, 4.69) is 4.89 Å². The van der Waals surface area contributed by atoms with E-state index < -0.39 is 0 Å². The Labute approximate surface area is 63.8 Å². The van der Waals surface area contributed by atoms with Crippen LogP contribution in [-0.4, -0.2) is 10.4 Å². The monoisotopic (exact) mass is 155 g/mol. The molecule has 0 aliphatic carbocycles. The smallest absolute Gasteiger partial charge is 0.121 e. The molecule has 4 nitrogen and oxygen atoms in total. The van der Waals surface area contributed by atoms with Gasteiger partial charge in [-0.15, -0.1) is 0 Å². The first-order chi connectivity index (χ1) is 5.24. The highest BCUT2D eigenvalue weighted by atomic mass is 17.1. The summed E-state index contributed by atoms with van der Waals surface area (Å²) >= 11 is 0. The summed E-state index contributed by atoms with van der Waals surface area (Å²) in [6.07, 6.45) is 0. The molecule has 11 heavy (non-hydrogen) atoms. The van der Waals surface area contributed by atoms with Crippen molar-refractivity contribution in [2.45, 2.75) is 6.61 Å². The number of rotatable bonds is 2. The zero-order valence-electron chi connectivity index (χ0n) is 5.82. The maximum Gasteiger partial charge on any atom is 0.121 e. The van der Waals surface area contributed by atoms with Crippen LogP contribution in [0.2, 0.25) is 0 Å². The number of nitrogen functional groups attached to an aromatic ring is 1. The van der Waals surface area contributed by atoms with Gasteiger partial charge in [0, 0.05) is 11.3 Å². The fourth-order valence-electron chi connectivity index (χ4n) is 0.791. The van der Waals surface area contributed by atoms with Crippen molar-refractivity contribution in [3.05, 3.63) is 23.8 Å². The topological polar surface area (TPSA) is 75.7 Å². The first kappa shape index (κ1) is 7.84. The Morgan fingerprint density at radius 1 is 1.45 bits per heavy atom. The Morgan fingerprint density at radius 2 is 2.18 bits per heavy atom. The summed E-state index contributed by atoms with van der Waals surface area (Å²) in [4.78, 5) is 3.85. The lowest BCUT2D eigenvalue weighted by atomic mass is 10.2. The van der Waals surface area contributed by atoms with E-state index in [1.165, 1.54) is 12.1 Å². The van der Waals surface area contributed by atoms with E-state index in [0.717, 1.165) is 0 Å². The second-order valence-electron chi connectivity index (χ2n) is 2.16. The van der Waals surface area contributed by atoms with E-state index in [1.807, 2.05) is 0 Å². The van der Waals surface area contributed by atoms with Gasteiger partial charge in [0.25, 0.3) is 0 Å². The number of aromatic hydroxyl groups is 1. The number of phenolic OH excluding ortho intramolecular Hbond substituents is 1. The third kappa shape index (κ3) is 1.83. The molecule has 0 aliphatic heterocycles. The van der Waals surface area contributed by atoms with Gasteiger partial charge in [0.1, 0.15) is 12.4 Å². The summed E-state index contributed by atoms with van der Waals surface area (Å²) in [5.74, 6) is 0.0632. The number of nitrogens with two attached hydrogens (primary N) is 1. The van der Waals surface area contributed by atoms with Gasteiger partial charge >= 0.3 is 0 Å². The molecule has 0 aliphatic rings. The van der Waals surface area contributed by atoms with Crippen molar-refractivity contribution in [2.24, 2.45) is 0 Å². The van der Waals surface area contributed by atoms with Gasteiger partial charge in [0.15, 0.2) is 0 Å². The molecule has 0 radical (unpaired) electrons. The normalized spacial score (nSPS) is 9.91. The quantitative estimate of drug-likeness (QED) is 0.257. The minimum absolute atomic E-state index is 0.0587. The van der Waals surface area contributed by atoms with E-state index in [0.29, 0.717) is 11.3 Å². The highest BCUT2D eigenvalue weighted by Gasteiger charge is 2.00. The maximum absolute atomic E-state index is 9.12. The van der Waals surface area contributed by atoms with Gasteiger partial charge in [-0.05, 0) is 18.2 Å². The van der Waals surface area contributed by atoms with Crippen LogP contribution in [0, 0.1) is 0 Å². The number of hydrogen-bond donors (Lipinski definition) is 3. The van der Waals surface area contributed by atoms with Crippen LogP contribution in [0.1, 0.15) is 5.56 Å². The summed E-state index contributed by atoms with van der Waals surface area (Å²) in [7, 11) is 0. The van der Waals surface area contributed by atoms with Gasteiger partial charge in [0.2, 0.25) is 0 Å². The third-order valence-corrected chi connectivity index (χ3v) is 1.32. The van der Waals surface area contributed by atoms with Gasteiger partial charge in [-0.1, -0.05) is 0 Å². The fraction of sp³-hybridized carbons (Fsp3) is 0.143. The molecule has 1 rings (SSSR count). The molecular formula is C7H9NO3. The Kier molecular flexibility index (Phi) is 2.30. The molecule has 4 heteroatoms. The standard InChI is InChI=1S/C7H9NO3/c8-6-1-2-7(9)5(3-6)4-11-10/h1-3,9-10H,4,8H2. The van der Waals surface area contributed by atoms with Crippen LogP contribution in [0.3, 0.4) is 0 Å². The van der Waals surface area contributed by atoms with Crippen LogP contribution in [0.5, 0.6) is 5.75 Å². The first-order valence-electron chi connectivity index (χ1n) is 3.08. The summed E-state index contributed by atoms with van der Waals surface area (Å²) in [5.41, 5.74) is 6.40. The van der Waals surface area contributed by atoms with Crippen molar-refractivity contribution in [3.8, 4) is 5.75 Å². The molecular weight excluding hydrogens is 146 g/mol. The number of benzene rings is 1. The lowest BCUT2D eigenvalue weighted by molar-refractivity contribution is -0.253. The molecule has 0 unspecified atom stereocenters. The predicted molar refractivity (Wildman–Crippen MR) is 39.9 cm³/mol. The van der Waals surface area contributed by atoms with Gasteiger partial charge < -0.3 is 10.8 Å². The van der Waals surface area contributed by atoms with Gasteiger partial charge in [-0.2, -0.15) is 0 Å². The van der Waals surface area contributed by atoms with E-state index in [-0.39, 0.29) is 12.4 Å². The summed E-state index contributed by atoms with van der Waals surface area (Å²) < 4.78 is 0. The second-order valence-corrected chi connectivity index (χ2v) is 2.16. The highest BCUT2D eigenvalue weighted by molar-refractivity contribution is 5.46. The molecule has 60 valence electrons. The molecule has 1 aromatic carbocycles. The summed E-state index contributed by atoms with van der Waals surface area (Å²) in [5, 5.41) is 17.2. The van der Waals surface area contributed by atoms with Crippen LogP contribution in [0.15, 0.2) is 18.2 Å². The van der Waals surface area contributed by atoms with Crippen molar-refractivity contribution in [1.82, 2.24) is 0 Å². The number of anilines is 1. The van der Waals surface area contributed by atoms with Gasteiger partial charge in [-0.3, -0.25) is 5.26 Å². The zero-order chi connectivity index (χ0) is 8.27. The lowest BCUT2D eigenvalue weighted by Crippen LogP contribution is -1.91. The Balaban J connectivity index is 2.93. The molecule has 0 bridgehead atoms. The molecule has 0 heterocycles. The zero-order valence-corrected chi connectivity index (χ0v) is 5.82. The van der Waals surface area contributed by atoms with Crippen LogP contribution >= 0.6 is 0 Å². The van der Waals surface area contributed by atoms with Crippen molar-refractivity contribution in [3.63, 3.8) is 0 Å².